The second-order valence-electron chi connectivity index (χ2n) is 8.04. The Hall–Kier alpha value is -2.97. The highest BCUT2D eigenvalue weighted by molar-refractivity contribution is 6.32. The summed E-state index contributed by atoms with van der Waals surface area (Å²) >= 11 is 6.38. The number of ketones is 1. The highest BCUT2D eigenvalue weighted by Gasteiger charge is 2.26. The van der Waals surface area contributed by atoms with E-state index in [9.17, 15) is 4.79 Å². The van der Waals surface area contributed by atoms with E-state index in [2.05, 4.69) is 25.7 Å². The van der Waals surface area contributed by atoms with Crippen molar-refractivity contribution in [2.75, 3.05) is 17.2 Å². The summed E-state index contributed by atoms with van der Waals surface area (Å²) in [5, 5.41) is 19.9. The van der Waals surface area contributed by atoms with Crippen molar-refractivity contribution >= 4 is 34.8 Å². The van der Waals surface area contributed by atoms with Crippen LogP contribution in [0.5, 0.6) is 0 Å². The first kappa shape index (κ1) is 22.2. The van der Waals surface area contributed by atoms with Gasteiger partial charge in [-0.25, -0.2) is 4.98 Å². The summed E-state index contributed by atoms with van der Waals surface area (Å²) in [5.74, 6) is 1.30. The fourth-order valence-corrected chi connectivity index (χ4v) is 4.20. The Morgan fingerprint density at radius 3 is 2.75 bits per heavy atom. The number of Topliss-reactive ketones (excluding diaryl/α,β-unsaturated/α-hetero) is 1. The maximum Gasteiger partial charge on any atom is 0.229 e. The first-order valence-electron chi connectivity index (χ1n) is 10.9. The van der Waals surface area contributed by atoms with E-state index < -0.39 is 6.04 Å². The van der Waals surface area contributed by atoms with E-state index in [1.165, 1.54) is 19.0 Å². The third-order valence-electron chi connectivity index (χ3n) is 5.66. The molecular formula is C23H27ClN6O2. The topological polar surface area (TPSA) is 105 Å². The molecule has 1 aromatic carbocycles. The number of benzene rings is 1. The molecule has 3 N–H and O–H groups in total. The van der Waals surface area contributed by atoms with Gasteiger partial charge in [0.05, 0.1) is 31.2 Å². The van der Waals surface area contributed by atoms with Crippen molar-refractivity contribution in [3.05, 3.63) is 59.5 Å². The van der Waals surface area contributed by atoms with Crippen LogP contribution in [-0.4, -0.2) is 37.2 Å². The van der Waals surface area contributed by atoms with Crippen molar-refractivity contribution < 1.29 is 9.90 Å². The van der Waals surface area contributed by atoms with Crippen molar-refractivity contribution in [1.29, 1.82) is 0 Å². The Morgan fingerprint density at radius 1 is 1.22 bits per heavy atom. The van der Waals surface area contributed by atoms with E-state index >= 15 is 0 Å². The van der Waals surface area contributed by atoms with Crippen LogP contribution in [0.4, 0.5) is 17.5 Å². The van der Waals surface area contributed by atoms with Crippen molar-refractivity contribution in [3.8, 4) is 0 Å². The van der Waals surface area contributed by atoms with Crippen LogP contribution in [0.1, 0.15) is 43.7 Å². The molecule has 0 bridgehead atoms. The summed E-state index contributed by atoms with van der Waals surface area (Å²) < 4.78 is 1.62. The largest absolute Gasteiger partial charge is 0.394 e. The highest BCUT2D eigenvalue weighted by atomic mass is 35.5. The van der Waals surface area contributed by atoms with Crippen LogP contribution in [0.2, 0.25) is 5.02 Å². The van der Waals surface area contributed by atoms with Crippen LogP contribution in [0.25, 0.3) is 0 Å². The Bertz CT molecular complexity index is 1040. The molecule has 0 amide bonds. The summed E-state index contributed by atoms with van der Waals surface area (Å²) in [7, 11) is 0. The van der Waals surface area contributed by atoms with Crippen LogP contribution in [0.15, 0.2) is 48.9 Å². The molecule has 1 aliphatic carbocycles. The van der Waals surface area contributed by atoms with Crippen molar-refractivity contribution in [2.24, 2.45) is 5.92 Å². The number of hydrogen-bond donors (Lipinski definition) is 3. The molecule has 168 valence electrons. The average Bonchev–Trinajstić information content (AvgIpc) is 3.47. The van der Waals surface area contributed by atoms with Gasteiger partial charge in [-0.15, -0.1) is 0 Å². The average molecular weight is 455 g/mol. The van der Waals surface area contributed by atoms with Gasteiger partial charge in [0.1, 0.15) is 11.1 Å². The lowest BCUT2D eigenvalue weighted by molar-refractivity contribution is -0.120. The summed E-state index contributed by atoms with van der Waals surface area (Å²) in [6.45, 7) is 0.403. The molecule has 3 aromatic rings. The van der Waals surface area contributed by atoms with Gasteiger partial charge in [0.2, 0.25) is 5.95 Å². The maximum atomic E-state index is 13.3. The number of anilines is 3. The Labute approximate surface area is 192 Å². The zero-order valence-corrected chi connectivity index (χ0v) is 18.5. The molecule has 1 saturated carbocycles. The predicted molar refractivity (Wildman–Crippen MR) is 124 cm³/mol. The molecule has 1 fully saturated rings. The number of aliphatic hydroxyl groups excluding tert-OH is 1. The van der Waals surface area contributed by atoms with Crippen LogP contribution in [0.3, 0.4) is 0 Å². The minimum Gasteiger partial charge on any atom is -0.394 e. The molecule has 9 heteroatoms. The summed E-state index contributed by atoms with van der Waals surface area (Å²) in [6.07, 6.45) is 10.0. The van der Waals surface area contributed by atoms with Crippen molar-refractivity contribution in [2.45, 2.75) is 44.7 Å². The summed E-state index contributed by atoms with van der Waals surface area (Å²) in [6, 6.07) is 9.11. The zero-order valence-electron chi connectivity index (χ0n) is 17.7. The lowest BCUT2D eigenvalue weighted by Gasteiger charge is -2.21. The van der Waals surface area contributed by atoms with Gasteiger partial charge in [-0.1, -0.05) is 67.6 Å². The lowest BCUT2D eigenvalue weighted by atomic mass is 9.93. The molecule has 8 nitrogen and oxygen atoms in total. The molecule has 0 spiro atoms. The van der Waals surface area contributed by atoms with Gasteiger partial charge in [-0.05, 0) is 11.5 Å². The van der Waals surface area contributed by atoms with Gasteiger partial charge in [0.15, 0.2) is 11.6 Å². The molecule has 0 aliphatic heterocycles. The van der Waals surface area contributed by atoms with Gasteiger partial charge in [0.25, 0.3) is 0 Å². The molecule has 4 rings (SSSR count). The number of rotatable bonds is 10. The molecule has 1 aliphatic rings. The molecule has 2 heterocycles. The van der Waals surface area contributed by atoms with E-state index in [0.29, 0.717) is 41.4 Å². The standard InChI is InChI=1S/C23H27ClN6O2/c24-19-14-25-23(27-18-13-26-30(15-18)10-11-31)29-22(19)28-21(17-8-2-1-3-9-17)20(32)12-16-6-4-5-7-16/h1-3,8-9,13-16,21,31H,4-7,10-12H2,(H2,25,27,28,29)/t21-/m0/s1. The van der Waals surface area contributed by atoms with Crippen molar-refractivity contribution in [3.63, 3.8) is 0 Å². The number of aromatic nitrogens is 4. The number of nitrogens with one attached hydrogen (secondary N) is 2. The van der Waals surface area contributed by atoms with E-state index in [1.807, 2.05) is 30.3 Å². The fourth-order valence-electron chi connectivity index (χ4n) is 4.06. The normalized spacial score (nSPS) is 14.9. The van der Waals surface area contributed by atoms with Crippen LogP contribution < -0.4 is 10.6 Å². The molecule has 0 unspecified atom stereocenters. The number of nitrogens with zero attached hydrogens (tertiary/aromatic N) is 4. The SMILES string of the molecule is O=C(CC1CCCC1)[C@@H](Nc1nc(Nc2cnn(CCO)c2)ncc1Cl)c1ccccc1. The molecule has 2 aromatic heterocycles. The first-order chi connectivity index (χ1) is 15.6. The Kier molecular flexibility index (Phi) is 7.34. The van der Waals surface area contributed by atoms with E-state index in [4.69, 9.17) is 16.7 Å². The Morgan fingerprint density at radius 2 is 2.00 bits per heavy atom. The van der Waals surface area contributed by atoms with Crippen molar-refractivity contribution in [1.82, 2.24) is 19.7 Å². The number of halogens is 1. The third kappa shape index (κ3) is 5.63. The van der Waals surface area contributed by atoms with E-state index in [1.54, 1.807) is 17.1 Å². The van der Waals surface area contributed by atoms with Gasteiger partial charge >= 0.3 is 0 Å². The summed E-state index contributed by atoms with van der Waals surface area (Å²) in [5.41, 5.74) is 1.56. The number of carbonyl (C=O) groups excluding carboxylic acids is 1. The minimum absolute atomic E-state index is 0.00237. The lowest BCUT2D eigenvalue weighted by Crippen LogP contribution is -2.23. The maximum absolute atomic E-state index is 13.3. The number of aliphatic hydroxyl groups is 1. The second-order valence-corrected chi connectivity index (χ2v) is 8.45. The highest BCUT2D eigenvalue weighted by Crippen LogP contribution is 2.32. The smallest absolute Gasteiger partial charge is 0.229 e. The van der Waals surface area contributed by atoms with Crippen LogP contribution >= 0.6 is 11.6 Å². The molecule has 32 heavy (non-hydrogen) atoms. The van der Waals surface area contributed by atoms with Gasteiger partial charge in [-0.2, -0.15) is 10.1 Å². The number of carbonyl (C=O) groups is 1. The monoisotopic (exact) mass is 454 g/mol. The van der Waals surface area contributed by atoms with Crippen LogP contribution in [-0.2, 0) is 11.3 Å². The van der Waals surface area contributed by atoms with E-state index in [-0.39, 0.29) is 12.4 Å². The van der Waals surface area contributed by atoms with Crippen LogP contribution in [0, 0.1) is 5.92 Å². The first-order valence-corrected chi connectivity index (χ1v) is 11.3. The third-order valence-corrected chi connectivity index (χ3v) is 5.94. The molecule has 1 atom stereocenters. The Balaban J connectivity index is 1.54. The predicted octanol–water partition coefficient (Wildman–Crippen LogP) is 4.37. The summed E-state index contributed by atoms with van der Waals surface area (Å²) in [4.78, 5) is 22.0. The molecule has 0 saturated heterocycles. The fraction of sp³-hybridized carbons (Fsp3) is 0.391. The molecule has 0 radical (unpaired) electrons. The van der Waals surface area contributed by atoms with Gasteiger partial charge < -0.3 is 15.7 Å². The second kappa shape index (κ2) is 10.6. The zero-order chi connectivity index (χ0) is 22.3. The minimum atomic E-state index is -0.538. The van der Waals surface area contributed by atoms with Gasteiger partial charge in [0, 0.05) is 12.6 Å². The number of hydrogen-bond acceptors (Lipinski definition) is 7. The quantitative estimate of drug-likeness (QED) is 0.417. The van der Waals surface area contributed by atoms with Gasteiger partial charge in [-0.3, -0.25) is 9.48 Å². The molecular weight excluding hydrogens is 428 g/mol. The van der Waals surface area contributed by atoms with E-state index in [0.717, 1.165) is 18.4 Å².